The van der Waals surface area contributed by atoms with Crippen LogP contribution in [0.5, 0.6) is 0 Å². The first kappa shape index (κ1) is 17.9. The minimum atomic E-state index is 0.0724. The molecule has 0 fully saturated rings. The molecule has 0 saturated heterocycles. The van der Waals surface area contributed by atoms with Crippen LogP contribution in [0, 0.1) is 0 Å². The molecule has 1 rings (SSSR count). The van der Waals surface area contributed by atoms with Crippen LogP contribution in [0.15, 0.2) is 12.1 Å². The highest BCUT2D eigenvalue weighted by Crippen LogP contribution is 2.24. The largest absolute Gasteiger partial charge is 0.360 e. The van der Waals surface area contributed by atoms with Gasteiger partial charge in [0.15, 0.2) is 0 Å². The van der Waals surface area contributed by atoms with E-state index in [1.165, 1.54) is 5.56 Å². The molecule has 4 heteroatoms. The number of aromatic nitrogens is 1. The molecule has 1 N–H and O–H groups in total. The highest BCUT2D eigenvalue weighted by atomic mass is 15.2. The normalized spacial score (nSPS) is 12.0. The summed E-state index contributed by atoms with van der Waals surface area (Å²) < 4.78 is 0. The Balaban J connectivity index is 2.91. The lowest BCUT2D eigenvalue weighted by molar-refractivity contribution is 0.401. The molecule has 0 aromatic carbocycles. The van der Waals surface area contributed by atoms with Crippen molar-refractivity contribution in [1.29, 1.82) is 0 Å². The van der Waals surface area contributed by atoms with Crippen LogP contribution < -0.4 is 10.2 Å². The zero-order chi connectivity index (χ0) is 16.0. The smallest absolute Gasteiger partial charge is 0.128 e. The van der Waals surface area contributed by atoms with Gasteiger partial charge in [0, 0.05) is 31.2 Å². The summed E-state index contributed by atoms with van der Waals surface area (Å²) in [5.41, 5.74) is 2.53. The summed E-state index contributed by atoms with van der Waals surface area (Å²) >= 11 is 0. The minimum absolute atomic E-state index is 0.0724. The van der Waals surface area contributed by atoms with Gasteiger partial charge in [0.2, 0.25) is 0 Å². The fourth-order valence-corrected chi connectivity index (χ4v) is 2.20. The lowest BCUT2D eigenvalue weighted by Gasteiger charge is -2.24. The van der Waals surface area contributed by atoms with Crippen molar-refractivity contribution in [3.05, 3.63) is 23.4 Å². The van der Waals surface area contributed by atoms with E-state index in [0.717, 1.165) is 37.6 Å². The molecule has 0 unspecified atom stereocenters. The number of hydrogen-bond donors (Lipinski definition) is 1. The van der Waals surface area contributed by atoms with E-state index in [-0.39, 0.29) is 5.41 Å². The lowest BCUT2D eigenvalue weighted by Crippen LogP contribution is -2.25. The van der Waals surface area contributed by atoms with E-state index in [4.69, 9.17) is 4.98 Å². The third-order valence-electron chi connectivity index (χ3n) is 3.51. The zero-order valence-electron chi connectivity index (χ0n) is 14.8. The maximum atomic E-state index is 4.87. The third-order valence-corrected chi connectivity index (χ3v) is 3.51. The van der Waals surface area contributed by atoms with Crippen LogP contribution in [0.25, 0.3) is 0 Å². The second-order valence-corrected chi connectivity index (χ2v) is 7.08. The Morgan fingerprint density at radius 3 is 2.29 bits per heavy atom. The molecule has 1 heterocycles. The molecule has 0 saturated carbocycles. The zero-order valence-corrected chi connectivity index (χ0v) is 14.8. The summed E-state index contributed by atoms with van der Waals surface area (Å²) in [5, 5.41) is 3.23. The average Bonchev–Trinajstić information content (AvgIpc) is 2.37. The molecular formula is C17H32N4. The highest BCUT2D eigenvalue weighted by Gasteiger charge is 2.18. The van der Waals surface area contributed by atoms with Crippen LogP contribution in [0.4, 0.5) is 5.82 Å². The maximum absolute atomic E-state index is 4.87. The van der Waals surface area contributed by atoms with Gasteiger partial charge in [-0.2, -0.15) is 0 Å². The number of nitrogens with one attached hydrogen (secondary N) is 1. The molecule has 0 atom stereocenters. The van der Waals surface area contributed by atoms with Gasteiger partial charge in [0.25, 0.3) is 0 Å². The Morgan fingerprint density at radius 1 is 1.10 bits per heavy atom. The van der Waals surface area contributed by atoms with Crippen molar-refractivity contribution in [2.75, 3.05) is 46.2 Å². The van der Waals surface area contributed by atoms with Gasteiger partial charge in [-0.15, -0.1) is 0 Å². The second kappa shape index (κ2) is 7.76. The molecule has 0 aliphatic rings. The number of anilines is 1. The monoisotopic (exact) mass is 292 g/mol. The standard InChI is InChI=1S/C17H32N4/c1-17(2,3)15-11-14(13-18-4)12-16(19-15)21(7)10-8-9-20(5)6/h11-12,18H,8-10,13H2,1-7H3. The fraction of sp³-hybridized carbons (Fsp3) is 0.706. The first-order chi connectivity index (χ1) is 9.74. The highest BCUT2D eigenvalue weighted by molar-refractivity contribution is 5.43. The van der Waals surface area contributed by atoms with E-state index >= 15 is 0 Å². The Kier molecular flexibility index (Phi) is 6.62. The van der Waals surface area contributed by atoms with Crippen LogP contribution in [0.1, 0.15) is 38.4 Å². The van der Waals surface area contributed by atoms with Crippen LogP contribution in [0.2, 0.25) is 0 Å². The molecule has 0 amide bonds. The average molecular weight is 292 g/mol. The summed E-state index contributed by atoms with van der Waals surface area (Å²) in [6, 6.07) is 4.41. The van der Waals surface area contributed by atoms with E-state index in [2.05, 4.69) is 69.2 Å². The fourth-order valence-electron chi connectivity index (χ4n) is 2.20. The molecule has 1 aromatic rings. The van der Waals surface area contributed by atoms with Gasteiger partial charge in [0.05, 0.1) is 0 Å². The van der Waals surface area contributed by atoms with E-state index in [1.54, 1.807) is 0 Å². The quantitative estimate of drug-likeness (QED) is 0.836. The van der Waals surface area contributed by atoms with Crippen molar-refractivity contribution < 1.29 is 0 Å². The second-order valence-electron chi connectivity index (χ2n) is 7.08. The Morgan fingerprint density at radius 2 is 1.76 bits per heavy atom. The van der Waals surface area contributed by atoms with Crippen LogP contribution in [0.3, 0.4) is 0 Å². The van der Waals surface area contributed by atoms with E-state index in [1.807, 2.05) is 7.05 Å². The van der Waals surface area contributed by atoms with Crippen LogP contribution in [-0.4, -0.2) is 51.2 Å². The maximum Gasteiger partial charge on any atom is 0.128 e. The molecule has 0 aliphatic carbocycles. The van der Waals surface area contributed by atoms with Gasteiger partial charge in [-0.3, -0.25) is 0 Å². The summed E-state index contributed by atoms with van der Waals surface area (Å²) in [5.74, 6) is 1.08. The first-order valence-electron chi connectivity index (χ1n) is 7.76. The molecular weight excluding hydrogens is 260 g/mol. The number of rotatable bonds is 7. The number of pyridine rings is 1. The van der Waals surface area contributed by atoms with Crippen LogP contribution in [-0.2, 0) is 12.0 Å². The molecule has 0 spiro atoms. The number of nitrogens with zero attached hydrogens (tertiary/aromatic N) is 3. The predicted molar refractivity (Wildman–Crippen MR) is 92.1 cm³/mol. The van der Waals surface area contributed by atoms with Crippen LogP contribution >= 0.6 is 0 Å². The first-order valence-corrected chi connectivity index (χ1v) is 7.76. The van der Waals surface area contributed by atoms with Gasteiger partial charge in [0.1, 0.15) is 5.82 Å². The topological polar surface area (TPSA) is 31.4 Å². The summed E-state index contributed by atoms with van der Waals surface area (Å²) in [6.45, 7) is 9.66. The summed E-state index contributed by atoms with van der Waals surface area (Å²) in [4.78, 5) is 9.35. The van der Waals surface area contributed by atoms with Crippen molar-refractivity contribution in [1.82, 2.24) is 15.2 Å². The van der Waals surface area contributed by atoms with Crippen molar-refractivity contribution in [3.63, 3.8) is 0 Å². The molecule has 0 radical (unpaired) electrons. The third kappa shape index (κ3) is 6.02. The molecule has 0 aliphatic heterocycles. The van der Waals surface area contributed by atoms with Gasteiger partial charge in [-0.25, -0.2) is 4.98 Å². The van der Waals surface area contributed by atoms with E-state index < -0.39 is 0 Å². The van der Waals surface area contributed by atoms with E-state index in [9.17, 15) is 0 Å². The minimum Gasteiger partial charge on any atom is -0.360 e. The Bertz CT molecular complexity index is 435. The predicted octanol–water partition coefficient (Wildman–Crippen LogP) is 2.49. The number of hydrogen-bond acceptors (Lipinski definition) is 4. The Labute approximate surface area is 130 Å². The summed E-state index contributed by atoms with van der Waals surface area (Å²) in [7, 11) is 8.35. The molecule has 4 nitrogen and oxygen atoms in total. The van der Waals surface area contributed by atoms with Crippen molar-refractivity contribution in [2.45, 2.75) is 39.2 Å². The van der Waals surface area contributed by atoms with Gasteiger partial charge in [-0.1, -0.05) is 20.8 Å². The SMILES string of the molecule is CNCc1cc(N(C)CCCN(C)C)nc(C(C)(C)C)c1. The van der Waals surface area contributed by atoms with Gasteiger partial charge in [-0.05, 0) is 51.8 Å². The molecule has 120 valence electrons. The van der Waals surface area contributed by atoms with Gasteiger partial charge < -0.3 is 15.1 Å². The summed E-state index contributed by atoms with van der Waals surface area (Å²) in [6.07, 6.45) is 1.15. The van der Waals surface area contributed by atoms with Crippen molar-refractivity contribution in [3.8, 4) is 0 Å². The Hall–Kier alpha value is -1.13. The molecule has 0 bridgehead atoms. The van der Waals surface area contributed by atoms with Gasteiger partial charge >= 0.3 is 0 Å². The lowest BCUT2D eigenvalue weighted by atomic mass is 9.90. The molecule has 1 aromatic heterocycles. The van der Waals surface area contributed by atoms with Crippen molar-refractivity contribution >= 4 is 5.82 Å². The van der Waals surface area contributed by atoms with E-state index in [0.29, 0.717) is 0 Å². The molecule has 21 heavy (non-hydrogen) atoms. The van der Waals surface area contributed by atoms with Crippen molar-refractivity contribution in [2.24, 2.45) is 0 Å².